The van der Waals surface area contributed by atoms with E-state index in [0.717, 1.165) is 5.56 Å². The molecular formula is C19H16N4O3. The van der Waals surface area contributed by atoms with Crippen LogP contribution in [0.1, 0.15) is 26.4 Å². The van der Waals surface area contributed by atoms with Crippen LogP contribution in [-0.4, -0.2) is 16.8 Å². The number of aromatic nitrogens is 2. The number of hydrogen-bond donors (Lipinski definition) is 2. The maximum absolute atomic E-state index is 12.2. The molecule has 7 heteroatoms. The first kappa shape index (κ1) is 17.1. The minimum absolute atomic E-state index is 0.0277. The molecule has 0 radical (unpaired) electrons. The van der Waals surface area contributed by atoms with E-state index in [1.807, 2.05) is 0 Å². The molecule has 0 aliphatic heterocycles. The lowest BCUT2D eigenvalue weighted by molar-refractivity contribution is -0.607. The van der Waals surface area contributed by atoms with Gasteiger partial charge in [-0.3, -0.25) is 14.6 Å². The van der Waals surface area contributed by atoms with E-state index >= 15 is 0 Å². The van der Waals surface area contributed by atoms with Gasteiger partial charge in [0.1, 0.15) is 0 Å². The highest BCUT2D eigenvalue weighted by atomic mass is 16.5. The van der Waals surface area contributed by atoms with E-state index in [-0.39, 0.29) is 18.1 Å². The number of anilines is 1. The fourth-order valence-electron chi connectivity index (χ4n) is 2.29. The van der Waals surface area contributed by atoms with Crippen LogP contribution >= 0.6 is 0 Å². The SMILES string of the molecule is O=C(Nc1cccnc1)c1ccc(CNC(=O)c2cccc[n+]2[O-])cc1. The molecule has 0 spiro atoms. The molecule has 0 unspecified atom stereocenters. The van der Waals surface area contributed by atoms with E-state index in [9.17, 15) is 14.8 Å². The number of benzene rings is 1. The zero-order chi connectivity index (χ0) is 18.4. The van der Waals surface area contributed by atoms with Crippen molar-refractivity contribution in [2.45, 2.75) is 6.54 Å². The van der Waals surface area contributed by atoms with Gasteiger partial charge in [0.25, 0.3) is 11.6 Å². The van der Waals surface area contributed by atoms with Gasteiger partial charge < -0.3 is 15.8 Å². The van der Waals surface area contributed by atoms with Gasteiger partial charge in [-0.15, -0.1) is 0 Å². The summed E-state index contributed by atoms with van der Waals surface area (Å²) >= 11 is 0. The topological polar surface area (TPSA) is 98.0 Å². The summed E-state index contributed by atoms with van der Waals surface area (Å²) in [5.41, 5.74) is 1.94. The van der Waals surface area contributed by atoms with E-state index in [2.05, 4.69) is 15.6 Å². The third-order valence-electron chi connectivity index (χ3n) is 3.65. The van der Waals surface area contributed by atoms with Crippen molar-refractivity contribution >= 4 is 17.5 Å². The number of nitrogens with one attached hydrogen (secondary N) is 2. The lowest BCUT2D eigenvalue weighted by atomic mass is 10.1. The molecule has 0 saturated carbocycles. The summed E-state index contributed by atoms with van der Waals surface area (Å²) in [4.78, 5) is 28.1. The van der Waals surface area contributed by atoms with Gasteiger partial charge in [0.15, 0.2) is 6.20 Å². The van der Waals surface area contributed by atoms with Crippen LogP contribution in [0.25, 0.3) is 0 Å². The van der Waals surface area contributed by atoms with Gasteiger partial charge in [-0.1, -0.05) is 12.1 Å². The molecule has 0 aliphatic rings. The van der Waals surface area contributed by atoms with Crippen LogP contribution in [0.3, 0.4) is 0 Å². The monoisotopic (exact) mass is 348 g/mol. The highest BCUT2D eigenvalue weighted by Gasteiger charge is 2.14. The Hall–Kier alpha value is -3.74. The van der Waals surface area contributed by atoms with Crippen LogP contribution in [-0.2, 0) is 6.54 Å². The summed E-state index contributed by atoms with van der Waals surface area (Å²) in [7, 11) is 0. The molecule has 2 heterocycles. The highest BCUT2D eigenvalue weighted by Crippen LogP contribution is 2.09. The number of pyridine rings is 2. The van der Waals surface area contributed by atoms with Gasteiger partial charge in [0.2, 0.25) is 0 Å². The third kappa shape index (κ3) is 4.21. The Morgan fingerprint density at radius 2 is 1.81 bits per heavy atom. The molecule has 0 aliphatic carbocycles. The third-order valence-corrected chi connectivity index (χ3v) is 3.65. The number of rotatable bonds is 5. The van der Waals surface area contributed by atoms with Crippen LogP contribution in [0.4, 0.5) is 5.69 Å². The van der Waals surface area contributed by atoms with Crippen LogP contribution < -0.4 is 15.4 Å². The minimum Gasteiger partial charge on any atom is -0.618 e. The average Bonchev–Trinajstić information content (AvgIpc) is 2.67. The number of amides is 2. The average molecular weight is 348 g/mol. The second kappa shape index (κ2) is 7.89. The van der Waals surface area contributed by atoms with Crippen LogP contribution in [0.5, 0.6) is 0 Å². The molecule has 0 bridgehead atoms. The molecule has 0 atom stereocenters. The molecule has 2 N–H and O–H groups in total. The quantitative estimate of drug-likeness (QED) is 0.543. The van der Waals surface area contributed by atoms with Crippen molar-refractivity contribution in [3.05, 3.63) is 95.2 Å². The second-order valence-electron chi connectivity index (χ2n) is 5.49. The standard InChI is InChI=1S/C19H16N4O3/c24-18(22-16-4-3-10-20-13-16)15-8-6-14(7-9-15)12-21-19(25)17-5-1-2-11-23(17)26/h1-11,13H,12H2,(H,21,25)(H,22,24). The molecule has 0 saturated heterocycles. The van der Waals surface area contributed by atoms with Gasteiger partial charge in [-0.25, -0.2) is 0 Å². The van der Waals surface area contributed by atoms with Crippen LogP contribution in [0.15, 0.2) is 73.2 Å². The number of nitrogens with zero attached hydrogens (tertiary/aromatic N) is 2. The first-order valence-electron chi connectivity index (χ1n) is 7.90. The Bertz CT molecular complexity index is 912. The van der Waals surface area contributed by atoms with Gasteiger partial charge in [-0.2, -0.15) is 4.73 Å². The Labute approximate surface area is 149 Å². The predicted octanol–water partition coefficient (Wildman–Crippen LogP) is 1.90. The summed E-state index contributed by atoms with van der Waals surface area (Å²) < 4.78 is 0.515. The fraction of sp³-hybridized carbons (Fsp3) is 0.0526. The normalized spacial score (nSPS) is 10.2. The van der Waals surface area contributed by atoms with Crippen molar-refractivity contribution in [2.24, 2.45) is 0 Å². The van der Waals surface area contributed by atoms with Crippen LogP contribution in [0.2, 0.25) is 0 Å². The Morgan fingerprint density at radius 1 is 1.00 bits per heavy atom. The van der Waals surface area contributed by atoms with E-state index < -0.39 is 5.91 Å². The number of carbonyl (C=O) groups is 2. The summed E-state index contributed by atoms with van der Waals surface area (Å²) in [6, 6.07) is 14.9. The highest BCUT2D eigenvalue weighted by molar-refractivity contribution is 6.04. The van der Waals surface area contributed by atoms with Crippen molar-refractivity contribution in [2.75, 3.05) is 5.32 Å². The second-order valence-corrected chi connectivity index (χ2v) is 5.49. The molecule has 2 amide bonds. The van der Waals surface area contributed by atoms with Gasteiger partial charge in [0.05, 0.1) is 11.9 Å². The van der Waals surface area contributed by atoms with Gasteiger partial charge >= 0.3 is 5.91 Å². The Morgan fingerprint density at radius 3 is 2.50 bits per heavy atom. The van der Waals surface area contributed by atoms with E-state index in [1.165, 1.54) is 12.3 Å². The molecule has 0 fully saturated rings. The number of hydrogen-bond acceptors (Lipinski definition) is 4. The fourth-order valence-corrected chi connectivity index (χ4v) is 2.29. The van der Waals surface area contributed by atoms with Gasteiger partial charge in [0, 0.05) is 30.4 Å². The molecule has 130 valence electrons. The summed E-state index contributed by atoms with van der Waals surface area (Å²) in [6.07, 6.45) is 4.46. The Balaban J connectivity index is 1.58. The predicted molar refractivity (Wildman–Crippen MR) is 95.2 cm³/mol. The number of carbonyl (C=O) groups excluding carboxylic acids is 2. The lowest BCUT2D eigenvalue weighted by Crippen LogP contribution is -2.38. The molecular weight excluding hydrogens is 332 g/mol. The van der Waals surface area contributed by atoms with E-state index in [4.69, 9.17) is 0 Å². The van der Waals surface area contributed by atoms with E-state index in [1.54, 1.807) is 60.9 Å². The zero-order valence-electron chi connectivity index (χ0n) is 13.8. The first-order chi connectivity index (χ1) is 12.6. The van der Waals surface area contributed by atoms with Crippen molar-refractivity contribution in [3.8, 4) is 0 Å². The van der Waals surface area contributed by atoms with Gasteiger partial charge in [-0.05, 0) is 35.9 Å². The molecule has 3 aromatic rings. The smallest absolute Gasteiger partial charge is 0.317 e. The van der Waals surface area contributed by atoms with Crippen LogP contribution in [0, 0.1) is 5.21 Å². The molecule has 1 aromatic carbocycles. The zero-order valence-corrected chi connectivity index (χ0v) is 13.8. The molecule has 2 aromatic heterocycles. The molecule has 26 heavy (non-hydrogen) atoms. The lowest BCUT2D eigenvalue weighted by Gasteiger charge is -2.07. The molecule has 3 rings (SSSR count). The summed E-state index contributed by atoms with van der Waals surface area (Å²) in [5.74, 6) is -0.704. The largest absolute Gasteiger partial charge is 0.618 e. The Kier molecular flexibility index (Phi) is 5.19. The minimum atomic E-state index is -0.459. The van der Waals surface area contributed by atoms with Crippen molar-refractivity contribution in [1.29, 1.82) is 0 Å². The van der Waals surface area contributed by atoms with Crippen molar-refractivity contribution in [3.63, 3.8) is 0 Å². The summed E-state index contributed by atoms with van der Waals surface area (Å²) in [6.45, 7) is 0.248. The summed E-state index contributed by atoms with van der Waals surface area (Å²) in [5, 5.41) is 17.0. The maximum atomic E-state index is 12.2. The van der Waals surface area contributed by atoms with Crippen molar-refractivity contribution < 1.29 is 14.3 Å². The van der Waals surface area contributed by atoms with Crippen molar-refractivity contribution in [1.82, 2.24) is 10.3 Å². The maximum Gasteiger partial charge on any atom is 0.317 e. The first-order valence-corrected chi connectivity index (χ1v) is 7.90. The van der Waals surface area contributed by atoms with E-state index in [0.29, 0.717) is 16.0 Å². The molecule has 7 nitrogen and oxygen atoms in total.